The average molecular weight is 1050 g/mol. The molecule has 12 heterocycles. The summed E-state index contributed by atoms with van der Waals surface area (Å²) in [5.74, 6) is -3.74. The Labute approximate surface area is 436 Å². The molecular weight excluding hydrogens is 973 g/mol. The highest BCUT2D eigenvalue weighted by Gasteiger charge is 2.73. The van der Waals surface area contributed by atoms with Crippen molar-refractivity contribution < 1.29 is 71.7 Å². The van der Waals surface area contributed by atoms with Crippen molar-refractivity contribution in [3.8, 4) is 0 Å². The third-order valence-corrected chi connectivity index (χ3v) is 17.4. The van der Waals surface area contributed by atoms with Crippen LogP contribution < -0.4 is 27.0 Å². The number of nitrogens with zero attached hydrogens (tertiary/aromatic N) is 1. The number of aliphatic hydroxyl groups excluding tert-OH is 1. The molecule has 13 rings (SSSR count). The second-order valence-electron chi connectivity index (χ2n) is 22.6. The fourth-order valence-corrected chi connectivity index (χ4v) is 13.9. The maximum Gasteiger partial charge on any atom is 0.243 e. The van der Waals surface area contributed by atoms with Crippen LogP contribution in [0.25, 0.3) is 0 Å². The number of nitrogens with one attached hydrogen (secondary N) is 4. The number of carbonyl (C=O) groups is 5. The summed E-state index contributed by atoms with van der Waals surface area (Å²) in [6.07, 6.45) is 0.228. The second kappa shape index (κ2) is 21.9. The Balaban J connectivity index is 0.805. The van der Waals surface area contributed by atoms with Crippen LogP contribution in [0.1, 0.15) is 96.0 Å². The molecule has 12 aliphatic rings. The number of methoxy groups -OCH3 is 1. The van der Waals surface area contributed by atoms with Crippen molar-refractivity contribution in [1.29, 1.82) is 0 Å². The molecule has 13 bridgehead atoms. The molecule has 1 aromatic rings. The second-order valence-corrected chi connectivity index (χ2v) is 22.6. The number of amides is 4. The Morgan fingerprint density at radius 3 is 2.44 bits per heavy atom. The van der Waals surface area contributed by atoms with E-state index < -0.39 is 109 Å². The van der Waals surface area contributed by atoms with E-state index in [9.17, 15) is 29.1 Å². The van der Waals surface area contributed by atoms with Crippen molar-refractivity contribution in [3.63, 3.8) is 0 Å². The highest BCUT2D eigenvalue weighted by Crippen LogP contribution is 2.58. The summed E-state index contributed by atoms with van der Waals surface area (Å²) in [6.45, 7) is 5.35. The number of aliphatic hydroxyl groups is 1. The average Bonchev–Trinajstić information content (AvgIpc) is 4.13. The predicted octanol–water partition coefficient (Wildman–Crippen LogP) is 0.740. The van der Waals surface area contributed by atoms with Crippen LogP contribution in [-0.4, -0.2) is 183 Å². The van der Waals surface area contributed by atoms with Crippen LogP contribution in [-0.2, 0) is 73.0 Å². The lowest BCUT2D eigenvalue weighted by molar-refractivity contribution is -0.330. The molecule has 0 aromatic heterocycles. The minimum atomic E-state index is -1.35. The van der Waals surface area contributed by atoms with Crippen LogP contribution in [0.3, 0.4) is 0 Å². The lowest BCUT2D eigenvalue weighted by Gasteiger charge is -2.54. The Morgan fingerprint density at radius 2 is 1.63 bits per heavy atom. The van der Waals surface area contributed by atoms with Gasteiger partial charge in [0.25, 0.3) is 0 Å². The number of benzene rings is 1. The fourth-order valence-electron chi connectivity index (χ4n) is 13.9. The molecule has 20 atom stereocenters. The summed E-state index contributed by atoms with van der Waals surface area (Å²) in [5, 5.41) is 21.8. The van der Waals surface area contributed by atoms with E-state index in [-0.39, 0.29) is 93.6 Å². The SMILES string of the molecule is C=C1C[C@@H]2CC[C@@]34C[C@H]5OC6C(O[C@H]7CC[C@@H]8CC(=O)C[C@@H]9[C@@H](OC)[C@@H](C[C@H](O)CNC(=O)CNC(=O)[C@H](Cc%10ccccc%10)NC(=O)CNC(=O)CN)O[C@H]9C[C@H]9O[C@@H](CC[C@@H]1O2)C[C@@H](C)/C9=N/[C@@]7(O8)[C@@H]6O3)[C@H]5O4. The van der Waals surface area contributed by atoms with E-state index in [4.69, 9.17) is 53.4 Å². The Hall–Kier alpha value is -4.26. The first-order valence-electron chi connectivity index (χ1n) is 27.3. The van der Waals surface area contributed by atoms with Crippen LogP contribution >= 0.6 is 0 Å². The Bertz CT molecular complexity index is 2360. The van der Waals surface area contributed by atoms with E-state index >= 15 is 0 Å². The maximum absolute atomic E-state index is 14.5. The number of rotatable bonds is 14. The number of ether oxygens (including phenoxy) is 9. The summed E-state index contributed by atoms with van der Waals surface area (Å²) >= 11 is 0. The minimum absolute atomic E-state index is 0.0113. The van der Waals surface area contributed by atoms with Crippen LogP contribution in [0.2, 0.25) is 0 Å². The topological polar surface area (TPSA) is 275 Å². The van der Waals surface area contributed by atoms with Gasteiger partial charge in [0.05, 0.1) is 80.7 Å². The van der Waals surface area contributed by atoms with Gasteiger partial charge in [0, 0.05) is 70.2 Å². The van der Waals surface area contributed by atoms with Gasteiger partial charge in [0.2, 0.25) is 29.4 Å². The molecule has 410 valence electrons. The smallest absolute Gasteiger partial charge is 0.243 e. The summed E-state index contributed by atoms with van der Waals surface area (Å²) in [5.41, 5.74) is 6.66. The van der Waals surface area contributed by atoms with Gasteiger partial charge in [-0.25, -0.2) is 0 Å². The number of Topliss-reactive ketones (excluding diaryl/α,β-unsaturated/α-hetero) is 1. The summed E-state index contributed by atoms with van der Waals surface area (Å²) in [4.78, 5) is 71.1. The van der Waals surface area contributed by atoms with Crippen molar-refractivity contribution in [2.45, 2.75) is 206 Å². The van der Waals surface area contributed by atoms with Crippen molar-refractivity contribution >= 4 is 35.1 Å². The number of ketones is 1. The third-order valence-electron chi connectivity index (χ3n) is 17.4. The summed E-state index contributed by atoms with van der Waals surface area (Å²) in [6, 6.07) is 7.97. The van der Waals surface area contributed by atoms with Crippen molar-refractivity contribution in [2.24, 2.45) is 22.6 Å². The molecule has 1 aromatic carbocycles. The standard InChI is InChI=1S/C54H74N6O15/c1-27-15-33-13-14-53-22-41-48(74-53)49-50(71-41)51(75-53)54-42(72-49)12-10-34(73-54)18-30(61)19-35-38(21-39-46(60-54)28(2)16-32(69-39)9-11-37(27)68-33)70-40(47(35)67-3)20-31(62)24-56-44(64)25-58-52(66)36(17-29-7-5-4-6-8-29)59-45(65)26-57-43(63)23-55/h4-8,28,31-42,47-51,62H,1,9-26,55H2,2-3H3,(H,56,64)(H,57,63)(H,58,66)(H,59,65)/b60-46-/t28-,31+,32+,33+,34-,35+,36+,37+,38+,39-,40-,41-,42+,47-,48+,49?,50?,51-,53+,54+/m1/s1. The maximum atomic E-state index is 14.5. The molecule has 2 spiro atoms. The number of hydrogen-bond acceptors (Lipinski definition) is 17. The Morgan fingerprint density at radius 1 is 0.827 bits per heavy atom. The molecule has 75 heavy (non-hydrogen) atoms. The van der Waals surface area contributed by atoms with Gasteiger partial charge < -0.3 is 74.7 Å². The lowest BCUT2D eigenvalue weighted by Crippen LogP contribution is -2.70. The zero-order chi connectivity index (χ0) is 52.2. The first kappa shape index (κ1) is 52.8. The molecule has 21 heteroatoms. The van der Waals surface area contributed by atoms with E-state index in [1.165, 1.54) is 0 Å². The first-order chi connectivity index (χ1) is 36.2. The van der Waals surface area contributed by atoms with Crippen LogP contribution in [0.15, 0.2) is 47.5 Å². The predicted molar refractivity (Wildman–Crippen MR) is 265 cm³/mol. The highest BCUT2D eigenvalue weighted by molar-refractivity contribution is 5.93. The van der Waals surface area contributed by atoms with Crippen LogP contribution in [0, 0.1) is 11.8 Å². The van der Waals surface area contributed by atoms with Gasteiger partial charge in [0.1, 0.15) is 42.3 Å². The van der Waals surface area contributed by atoms with Crippen molar-refractivity contribution in [3.05, 3.63) is 48.0 Å². The number of fused-ring (bicyclic) bond motifs is 5. The number of carbonyl (C=O) groups excluding carboxylic acids is 5. The molecule has 0 aliphatic carbocycles. The molecule has 12 aliphatic heterocycles. The third kappa shape index (κ3) is 10.8. The van der Waals surface area contributed by atoms with Gasteiger partial charge in [-0.15, -0.1) is 0 Å². The van der Waals surface area contributed by atoms with Crippen LogP contribution in [0.4, 0.5) is 0 Å². The summed E-state index contributed by atoms with van der Waals surface area (Å²) < 4.78 is 62.4. The molecule has 21 nitrogen and oxygen atoms in total. The van der Waals surface area contributed by atoms with E-state index in [1.54, 1.807) is 31.4 Å². The van der Waals surface area contributed by atoms with Crippen molar-refractivity contribution in [1.82, 2.24) is 21.3 Å². The fraction of sp³-hybridized carbons (Fsp3) is 0.741. The highest BCUT2D eigenvalue weighted by atomic mass is 16.8. The van der Waals surface area contributed by atoms with Gasteiger partial charge in [0.15, 0.2) is 5.79 Å². The van der Waals surface area contributed by atoms with Gasteiger partial charge in [-0.05, 0) is 62.0 Å². The quantitative estimate of drug-likeness (QED) is 0.140. The molecule has 4 amide bonds. The molecule has 2 unspecified atom stereocenters. The molecule has 9 saturated heterocycles. The van der Waals surface area contributed by atoms with Crippen molar-refractivity contribution in [2.75, 3.05) is 33.3 Å². The molecular formula is C54H74N6O15. The van der Waals surface area contributed by atoms with E-state index in [2.05, 4.69) is 34.8 Å². The largest absolute Gasteiger partial charge is 0.391 e. The van der Waals surface area contributed by atoms with E-state index in [1.807, 2.05) is 6.07 Å². The summed E-state index contributed by atoms with van der Waals surface area (Å²) in [7, 11) is 1.58. The van der Waals surface area contributed by atoms with Gasteiger partial charge >= 0.3 is 0 Å². The van der Waals surface area contributed by atoms with E-state index in [0.29, 0.717) is 38.5 Å². The van der Waals surface area contributed by atoms with Gasteiger partial charge in [-0.3, -0.25) is 29.0 Å². The molecule has 0 radical (unpaired) electrons. The lowest BCUT2D eigenvalue weighted by atomic mass is 9.79. The monoisotopic (exact) mass is 1050 g/mol. The Kier molecular flexibility index (Phi) is 15.4. The zero-order valence-electron chi connectivity index (χ0n) is 42.9. The van der Waals surface area contributed by atoms with Gasteiger partial charge in [-0.1, -0.05) is 43.8 Å². The molecule has 7 N–H and O–H groups in total. The van der Waals surface area contributed by atoms with Gasteiger partial charge in [-0.2, -0.15) is 0 Å². The number of hydrogen-bond donors (Lipinski definition) is 6. The van der Waals surface area contributed by atoms with E-state index in [0.717, 1.165) is 42.5 Å². The number of aliphatic imine (C=N–C) groups is 1. The normalized spacial score (nSPS) is 41.9. The zero-order valence-corrected chi connectivity index (χ0v) is 42.9. The number of nitrogens with two attached hydrogens (primary N) is 1. The molecule has 0 saturated carbocycles. The van der Waals surface area contributed by atoms with Crippen LogP contribution in [0.5, 0.6) is 0 Å². The minimum Gasteiger partial charge on any atom is -0.391 e. The molecule has 9 fully saturated rings. The first-order valence-corrected chi connectivity index (χ1v) is 27.3.